The van der Waals surface area contributed by atoms with Crippen molar-refractivity contribution in [3.05, 3.63) is 53.9 Å². The lowest BCUT2D eigenvalue weighted by atomic mass is 10.1. The molecule has 0 saturated carbocycles. The summed E-state index contributed by atoms with van der Waals surface area (Å²) in [6.07, 6.45) is 4.86. The zero-order valence-corrected chi connectivity index (χ0v) is 15.1. The molecule has 8 heteroatoms. The van der Waals surface area contributed by atoms with Crippen LogP contribution in [0.4, 0.5) is 11.4 Å². The molecule has 26 heavy (non-hydrogen) atoms. The summed E-state index contributed by atoms with van der Waals surface area (Å²) >= 11 is 0. The Bertz CT molecular complexity index is 942. The maximum atomic E-state index is 12.6. The first-order valence-corrected chi connectivity index (χ1v) is 10.2. The highest BCUT2D eigenvalue weighted by atomic mass is 32.2. The van der Waals surface area contributed by atoms with E-state index < -0.39 is 9.84 Å². The molecule has 7 nitrogen and oxygen atoms in total. The van der Waals surface area contributed by atoms with Crippen molar-refractivity contribution in [3.8, 4) is 0 Å². The van der Waals surface area contributed by atoms with Gasteiger partial charge >= 0.3 is 0 Å². The van der Waals surface area contributed by atoms with Crippen molar-refractivity contribution in [2.24, 2.45) is 0 Å². The minimum absolute atomic E-state index is 0.0818. The number of nitrogens with zero attached hydrogens (tertiary/aromatic N) is 2. The zero-order valence-electron chi connectivity index (χ0n) is 14.3. The number of amides is 2. The Hall–Kier alpha value is -2.74. The summed E-state index contributed by atoms with van der Waals surface area (Å²) in [5.74, 6) is -0.643. The van der Waals surface area contributed by atoms with Crippen molar-refractivity contribution < 1.29 is 18.0 Å². The van der Waals surface area contributed by atoms with Crippen LogP contribution in [0.1, 0.15) is 22.3 Å². The summed E-state index contributed by atoms with van der Waals surface area (Å²) < 4.78 is 22.3. The van der Waals surface area contributed by atoms with E-state index in [0.29, 0.717) is 24.2 Å². The molecule has 1 aromatic heterocycles. The molecule has 1 aliphatic rings. The molecule has 0 spiro atoms. The van der Waals surface area contributed by atoms with E-state index in [1.807, 2.05) is 6.07 Å². The second-order valence-electron chi connectivity index (χ2n) is 6.22. The number of aromatic nitrogens is 1. The van der Waals surface area contributed by atoms with E-state index in [1.54, 1.807) is 35.4 Å². The molecule has 0 bridgehead atoms. The van der Waals surface area contributed by atoms with Crippen molar-refractivity contribution in [1.29, 1.82) is 0 Å². The maximum Gasteiger partial charge on any atom is 0.259 e. The molecule has 2 heterocycles. The fourth-order valence-electron chi connectivity index (χ4n) is 2.84. The lowest BCUT2D eigenvalue weighted by Crippen LogP contribution is -2.28. The van der Waals surface area contributed by atoms with Gasteiger partial charge in [-0.15, -0.1) is 0 Å². The summed E-state index contributed by atoms with van der Waals surface area (Å²) in [6.45, 7) is 0.564. The van der Waals surface area contributed by atoms with E-state index in [-0.39, 0.29) is 24.0 Å². The number of pyridine rings is 1. The molecule has 0 aliphatic carbocycles. The van der Waals surface area contributed by atoms with Crippen LogP contribution in [-0.4, -0.2) is 43.8 Å². The van der Waals surface area contributed by atoms with Gasteiger partial charge in [-0.05, 0) is 42.3 Å². The number of rotatable bonds is 5. The molecule has 2 amide bonds. The smallest absolute Gasteiger partial charge is 0.259 e. The summed E-state index contributed by atoms with van der Waals surface area (Å²) in [7, 11) is -3.17. The molecule has 2 aromatic rings. The Morgan fingerprint density at radius 3 is 2.77 bits per heavy atom. The Balaban J connectivity index is 1.70. The molecule has 0 radical (unpaired) electrons. The number of sulfone groups is 1. The molecular formula is C18H19N3O4S. The molecular weight excluding hydrogens is 354 g/mol. The van der Waals surface area contributed by atoms with E-state index in [4.69, 9.17) is 0 Å². The summed E-state index contributed by atoms with van der Waals surface area (Å²) in [4.78, 5) is 30.2. The molecule has 136 valence electrons. The highest BCUT2D eigenvalue weighted by Gasteiger charge is 2.26. The Morgan fingerprint density at radius 2 is 2.08 bits per heavy atom. The summed E-state index contributed by atoms with van der Waals surface area (Å²) in [6, 6.07) is 8.78. The van der Waals surface area contributed by atoms with Crippen molar-refractivity contribution >= 4 is 33.0 Å². The predicted octanol–water partition coefficient (Wildman–Crippen LogP) is 1.66. The van der Waals surface area contributed by atoms with Crippen molar-refractivity contribution in [2.75, 3.05) is 28.8 Å². The second-order valence-corrected chi connectivity index (χ2v) is 8.48. The first-order chi connectivity index (χ1) is 12.3. The third kappa shape index (κ3) is 4.26. The van der Waals surface area contributed by atoms with Crippen LogP contribution in [-0.2, 0) is 21.1 Å². The summed E-state index contributed by atoms with van der Waals surface area (Å²) in [5, 5.41) is 2.70. The van der Waals surface area contributed by atoms with Gasteiger partial charge in [-0.25, -0.2) is 8.42 Å². The first-order valence-electron chi connectivity index (χ1n) is 8.16. The van der Waals surface area contributed by atoms with E-state index in [1.165, 1.54) is 6.20 Å². The minimum Gasteiger partial charge on any atom is -0.326 e. The monoisotopic (exact) mass is 373 g/mol. The van der Waals surface area contributed by atoms with Gasteiger partial charge in [0.1, 0.15) is 9.84 Å². The molecule has 1 N–H and O–H groups in total. The summed E-state index contributed by atoms with van der Waals surface area (Å²) in [5.41, 5.74) is 2.90. The van der Waals surface area contributed by atoms with Crippen LogP contribution < -0.4 is 10.2 Å². The Labute approximate surface area is 152 Å². The van der Waals surface area contributed by atoms with Gasteiger partial charge in [-0.3, -0.25) is 14.6 Å². The minimum atomic E-state index is -3.17. The van der Waals surface area contributed by atoms with Gasteiger partial charge in [0.2, 0.25) is 5.91 Å². The highest BCUT2D eigenvalue weighted by Crippen LogP contribution is 2.31. The molecule has 0 unspecified atom stereocenters. The van der Waals surface area contributed by atoms with Gasteiger partial charge in [-0.2, -0.15) is 0 Å². The van der Waals surface area contributed by atoms with Gasteiger partial charge in [-0.1, -0.05) is 0 Å². The number of hydrogen-bond acceptors (Lipinski definition) is 5. The largest absolute Gasteiger partial charge is 0.326 e. The fraction of sp³-hybridized carbons (Fsp3) is 0.278. The molecule has 1 aliphatic heterocycles. The number of benzene rings is 1. The molecule has 3 rings (SSSR count). The normalized spacial score (nSPS) is 13.3. The first kappa shape index (κ1) is 18.1. The SMILES string of the molecule is CS(=O)(=O)CCC(=O)Nc1ccc2c(c1)CCN2C(=O)c1cccnc1. The number of hydrogen-bond donors (Lipinski definition) is 1. The van der Waals surface area contributed by atoms with Gasteiger partial charge in [0, 0.05) is 43.0 Å². The van der Waals surface area contributed by atoms with Crippen LogP contribution in [0.25, 0.3) is 0 Å². The number of carbonyl (C=O) groups excluding carboxylic acids is 2. The fourth-order valence-corrected chi connectivity index (χ4v) is 3.39. The molecule has 0 fully saturated rings. The van der Waals surface area contributed by atoms with Gasteiger partial charge in [0.15, 0.2) is 0 Å². The van der Waals surface area contributed by atoms with E-state index in [0.717, 1.165) is 17.5 Å². The highest BCUT2D eigenvalue weighted by molar-refractivity contribution is 7.90. The van der Waals surface area contributed by atoms with E-state index >= 15 is 0 Å². The quantitative estimate of drug-likeness (QED) is 0.860. The van der Waals surface area contributed by atoms with Crippen molar-refractivity contribution in [3.63, 3.8) is 0 Å². The van der Waals surface area contributed by atoms with Crippen LogP contribution in [0.15, 0.2) is 42.7 Å². The topological polar surface area (TPSA) is 96.4 Å². The van der Waals surface area contributed by atoms with Crippen LogP contribution >= 0.6 is 0 Å². The number of nitrogens with one attached hydrogen (secondary N) is 1. The van der Waals surface area contributed by atoms with Crippen LogP contribution in [0.5, 0.6) is 0 Å². The van der Waals surface area contributed by atoms with Gasteiger partial charge in [0.05, 0.1) is 11.3 Å². The second kappa shape index (κ2) is 7.25. The Morgan fingerprint density at radius 1 is 1.27 bits per heavy atom. The van der Waals surface area contributed by atoms with E-state index in [2.05, 4.69) is 10.3 Å². The van der Waals surface area contributed by atoms with Gasteiger partial charge < -0.3 is 10.2 Å². The van der Waals surface area contributed by atoms with Crippen LogP contribution in [0.2, 0.25) is 0 Å². The standard InChI is InChI=1S/C18H19N3O4S/c1-26(24,25)10-7-17(22)20-15-4-5-16-13(11-15)6-9-21(16)18(23)14-3-2-8-19-12-14/h2-5,8,11-12H,6-7,9-10H2,1H3,(H,20,22). The molecule has 0 saturated heterocycles. The van der Waals surface area contributed by atoms with Crippen molar-refractivity contribution in [1.82, 2.24) is 4.98 Å². The molecule has 1 aromatic carbocycles. The zero-order chi connectivity index (χ0) is 18.7. The maximum absolute atomic E-state index is 12.6. The predicted molar refractivity (Wildman–Crippen MR) is 99.0 cm³/mol. The lowest BCUT2D eigenvalue weighted by Gasteiger charge is -2.17. The third-order valence-corrected chi connectivity index (χ3v) is 5.06. The number of anilines is 2. The van der Waals surface area contributed by atoms with E-state index in [9.17, 15) is 18.0 Å². The molecule has 0 atom stereocenters. The average Bonchev–Trinajstić information content (AvgIpc) is 3.03. The number of carbonyl (C=O) groups is 2. The third-order valence-electron chi connectivity index (χ3n) is 4.11. The van der Waals surface area contributed by atoms with Crippen molar-refractivity contribution in [2.45, 2.75) is 12.8 Å². The van der Waals surface area contributed by atoms with Gasteiger partial charge in [0.25, 0.3) is 5.91 Å². The van der Waals surface area contributed by atoms with Crippen LogP contribution in [0, 0.1) is 0 Å². The van der Waals surface area contributed by atoms with Crippen LogP contribution in [0.3, 0.4) is 0 Å². The Kier molecular flexibility index (Phi) is 5.03. The lowest BCUT2D eigenvalue weighted by molar-refractivity contribution is -0.115. The number of fused-ring (bicyclic) bond motifs is 1. The average molecular weight is 373 g/mol.